The topological polar surface area (TPSA) is 103 Å². The highest BCUT2D eigenvalue weighted by atomic mass is 16.5. The number of anilines is 1. The van der Waals surface area contributed by atoms with Crippen LogP contribution >= 0.6 is 0 Å². The molecular weight excluding hydrogens is 272 g/mol. The Morgan fingerprint density at radius 3 is 2.67 bits per heavy atom. The normalized spacial score (nSPS) is 11.0. The zero-order valence-corrected chi connectivity index (χ0v) is 12.8. The maximum absolute atomic E-state index is 9.03. The van der Waals surface area contributed by atoms with Crippen molar-refractivity contribution in [3.8, 4) is 0 Å². The molecule has 0 fully saturated rings. The van der Waals surface area contributed by atoms with Gasteiger partial charge in [0.05, 0.1) is 12.7 Å². The van der Waals surface area contributed by atoms with Gasteiger partial charge in [-0.3, -0.25) is 0 Å². The van der Waals surface area contributed by atoms with Crippen molar-refractivity contribution in [3.63, 3.8) is 0 Å². The first-order valence-corrected chi connectivity index (χ1v) is 6.76. The molecule has 7 heteroatoms. The fourth-order valence-corrected chi connectivity index (χ4v) is 1.79. The molecule has 118 valence electrons. The van der Waals surface area contributed by atoms with Gasteiger partial charge in [-0.1, -0.05) is 13.8 Å². The van der Waals surface area contributed by atoms with Crippen molar-refractivity contribution in [2.24, 2.45) is 0 Å². The van der Waals surface area contributed by atoms with E-state index in [1.165, 1.54) is 6.33 Å². The fourth-order valence-electron chi connectivity index (χ4n) is 1.79. The van der Waals surface area contributed by atoms with Gasteiger partial charge in [0.1, 0.15) is 18.6 Å². The number of aliphatic hydroxyl groups is 1. The summed E-state index contributed by atoms with van der Waals surface area (Å²) in [6.45, 7) is 6.02. The maximum atomic E-state index is 9.03. The van der Waals surface area contributed by atoms with Gasteiger partial charge in [0.2, 0.25) is 0 Å². The van der Waals surface area contributed by atoms with E-state index in [9.17, 15) is 0 Å². The number of hydrogen-bond acceptors (Lipinski definition) is 6. The number of fused-ring (bicyclic) bond motifs is 1. The number of hydrogen-bond donors (Lipinski definition) is 2. The maximum Gasteiger partial charge on any atom is 0.151 e. The summed E-state index contributed by atoms with van der Waals surface area (Å²) >= 11 is 0. The van der Waals surface area contributed by atoms with Crippen LogP contribution in [0.5, 0.6) is 0 Å². The predicted octanol–water partition coefficient (Wildman–Crippen LogP) is 1.09. The van der Waals surface area contributed by atoms with E-state index in [0.717, 1.165) is 24.1 Å². The van der Waals surface area contributed by atoms with Gasteiger partial charge in [0.25, 0.3) is 0 Å². The second-order valence-electron chi connectivity index (χ2n) is 3.85. The van der Waals surface area contributed by atoms with E-state index in [4.69, 9.17) is 20.4 Å². The first-order valence-electron chi connectivity index (χ1n) is 6.76. The van der Waals surface area contributed by atoms with Crippen LogP contribution in [0, 0.1) is 0 Å². The Kier molecular flexibility index (Phi) is 9.74. The number of aliphatic hydroxyl groups excluding tert-OH is 1. The van der Waals surface area contributed by atoms with E-state index in [2.05, 4.69) is 10.1 Å². The molecule has 0 spiro atoms. The Hall–Kier alpha value is -1.99. The summed E-state index contributed by atoms with van der Waals surface area (Å²) in [6, 6.07) is 3.86. The Morgan fingerprint density at radius 2 is 2.10 bits per heavy atom. The average Bonchev–Trinajstić information content (AvgIpc) is 2.97. The fraction of sp³-hybridized carbons (Fsp3) is 0.500. The molecule has 2 aromatic rings. The number of nitrogens with zero attached hydrogens (tertiary/aromatic N) is 3. The van der Waals surface area contributed by atoms with E-state index in [1.807, 2.05) is 32.8 Å². The largest absolute Gasteiger partial charge is 0.394 e. The highest BCUT2D eigenvalue weighted by Crippen LogP contribution is 2.15. The molecule has 0 bridgehead atoms. The highest BCUT2D eigenvalue weighted by Gasteiger charge is 2.10. The van der Waals surface area contributed by atoms with Crippen molar-refractivity contribution in [2.45, 2.75) is 32.8 Å². The Bertz CT molecular complexity index is 512. The molecule has 7 nitrogen and oxygen atoms in total. The van der Waals surface area contributed by atoms with Crippen molar-refractivity contribution in [2.75, 3.05) is 19.5 Å². The Labute approximate surface area is 124 Å². The van der Waals surface area contributed by atoms with Crippen LogP contribution in [0.15, 0.2) is 18.5 Å². The molecule has 0 aliphatic rings. The lowest BCUT2D eigenvalue weighted by Crippen LogP contribution is -2.16. The van der Waals surface area contributed by atoms with Crippen LogP contribution in [0.4, 0.5) is 5.82 Å². The second-order valence-corrected chi connectivity index (χ2v) is 3.85. The molecule has 0 aliphatic heterocycles. The lowest BCUT2D eigenvalue weighted by atomic mass is 10.1. The summed E-state index contributed by atoms with van der Waals surface area (Å²) < 4.78 is 6.89. The standard InChI is InChI=1S/C11H16N4O2.C2H6.CH2O/c1-17-9(6-16)4-2-8-3-5-10-11(12)13-7-14-15(8)10;2*1-2/h3,5,7,9,16H,2,4,6H2,1H3,(H2,12,13,14);1-2H3;1H2. The number of methoxy groups -OCH3 is 1. The number of carbonyl (C=O) groups is 1. The summed E-state index contributed by atoms with van der Waals surface area (Å²) in [5.74, 6) is 0.469. The number of nitrogen functional groups attached to an aromatic ring is 1. The minimum Gasteiger partial charge on any atom is -0.394 e. The van der Waals surface area contributed by atoms with Crippen LogP contribution in [0.2, 0.25) is 0 Å². The van der Waals surface area contributed by atoms with Gasteiger partial charge < -0.3 is 20.4 Å². The van der Waals surface area contributed by atoms with Gasteiger partial charge in [0.15, 0.2) is 5.82 Å². The van der Waals surface area contributed by atoms with Crippen molar-refractivity contribution in [3.05, 3.63) is 24.2 Å². The van der Waals surface area contributed by atoms with Gasteiger partial charge in [-0.15, -0.1) is 0 Å². The van der Waals surface area contributed by atoms with Gasteiger partial charge in [-0.25, -0.2) is 9.50 Å². The third kappa shape index (κ3) is 5.13. The van der Waals surface area contributed by atoms with E-state index in [1.54, 1.807) is 11.6 Å². The van der Waals surface area contributed by atoms with Crippen LogP contribution in [0.3, 0.4) is 0 Å². The van der Waals surface area contributed by atoms with E-state index >= 15 is 0 Å². The van der Waals surface area contributed by atoms with Gasteiger partial charge in [-0.05, 0) is 25.0 Å². The summed E-state index contributed by atoms with van der Waals surface area (Å²) in [6.07, 6.45) is 2.80. The summed E-state index contributed by atoms with van der Waals surface area (Å²) in [5, 5.41) is 13.2. The quantitative estimate of drug-likeness (QED) is 0.856. The number of carbonyl (C=O) groups excluding carboxylic acids is 1. The molecule has 0 aliphatic carbocycles. The number of nitrogens with two attached hydrogens (primary N) is 1. The van der Waals surface area contributed by atoms with Gasteiger partial charge in [-0.2, -0.15) is 5.10 Å². The van der Waals surface area contributed by atoms with Crippen LogP contribution in [0.1, 0.15) is 26.0 Å². The molecule has 0 saturated carbocycles. The first-order chi connectivity index (χ1) is 10.3. The van der Waals surface area contributed by atoms with Crippen LogP contribution in [0.25, 0.3) is 5.52 Å². The Morgan fingerprint density at radius 1 is 1.43 bits per heavy atom. The van der Waals surface area contributed by atoms with Crippen molar-refractivity contribution in [1.82, 2.24) is 14.6 Å². The number of aryl methyl sites for hydroxylation is 1. The zero-order valence-electron chi connectivity index (χ0n) is 12.8. The molecule has 0 amide bonds. The first kappa shape index (κ1) is 19.0. The van der Waals surface area contributed by atoms with Gasteiger partial charge >= 0.3 is 0 Å². The van der Waals surface area contributed by atoms with Gasteiger partial charge in [0, 0.05) is 12.8 Å². The minimum atomic E-state index is -0.139. The summed E-state index contributed by atoms with van der Waals surface area (Å²) in [7, 11) is 1.59. The van der Waals surface area contributed by atoms with Crippen LogP contribution in [-0.2, 0) is 16.0 Å². The number of ether oxygens (including phenoxy) is 1. The van der Waals surface area contributed by atoms with Crippen LogP contribution in [-0.4, -0.2) is 46.3 Å². The summed E-state index contributed by atoms with van der Waals surface area (Å²) in [4.78, 5) is 11.9. The third-order valence-electron chi connectivity index (χ3n) is 2.82. The monoisotopic (exact) mass is 296 g/mol. The molecule has 21 heavy (non-hydrogen) atoms. The van der Waals surface area contributed by atoms with E-state index in [-0.39, 0.29) is 12.7 Å². The van der Waals surface area contributed by atoms with Crippen molar-refractivity contribution >= 4 is 18.1 Å². The molecule has 0 radical (unpaired) electrons. The molecule has 2 heterocycles. The molecule has 2 rings (SSSR count). The molecule has 1 unspecified atom stereocenters. The lowest BCUT2D eigenvalue weighted by Gasteiger charge is -2.11. The zero-order chi connectivity index (χ0) is 16.3. The average molecular weight is 296 g/mol. The van der Waals surface area contributed by atoms with E-state index in [0.29, 0.717) is 5.82 Å². The number of aromatic nitrogens is 3. The summed E-state index contributed by atoms with van der Waals surface area (Å²) in [5.41, 5.74) is 7.58. The lowest BCUT2D eigenvalue weighted by molar-refractivity contribution is -0.0979. The number of rotatable bonds is 5. The SMILES string of the molecule is C=O.CC.COC(CO)CCc1ccc2c(N)ncnn12. The van der Waals surface area contributed by atoms with Crippen LogP contribution < -0.4 is 5.73 Å². The molecule has 0 saturated heterocycles. The molecule has 2 aromatic heterocycles. The van der Waals surface area contributed by atoms with Crippen molar-refractivity contribution in [1.29, 1.82) is 0 Å². The third-order valence-corrected chi connectivity index (χ3v) is 2.82. The highest BCUT2D eigenvalue weighted by molar-refractivity contribution is 5.65. The minimum absolute atomic E-state index is 0.0247. The predicted molar refractivity (Wildman–Crippen MR) is 82.1 cm³/mol. The molecule has 3 N–H and O–H groups in total. The van der Waals surface area contributed by atoms with E-state index < -0.39 is 0 Å². The molecule has 1 atom stereocenters. The van der Waals surface area contributed by atoms with Crippen molar-refractivity contribution < 1.29 is 14.6 Å². The molecule has 0 aromatic carbocycles. The molecular formula is C14H24N4O3. The second kappa shape index (κ2) is 10.8. The Balaban J connectivity index is 0.000000921. The smallest absolute Gasteiger partial charge is 0.151 e.